The highest BCUT2D eigenvalue weighted by molar-refractivity contribution is 5.69. The molecule has 2 N–H and O–H groups in total. The fraction of sp³-hybridized carbons (Fsp3) is 0.783. The first-order valence-electron chi connectivity index (χ1n) is 11.1. The number of carbonyl (C=O) groups is 1. The third kappa shape index (κ3) is 5.91. The van der Waals surface area contributed by atoms with Crippen molar-refractivity contribution in [3.8, 4) is 0 Å². The van der Waals surface area contributed by atoms with Crippen molar-refractivity contribution in [1.82, 2.24) is 0 Å². The number of unbranched alkanes of at least 4 members (excludes halogenated alkanes) is 1. The number of carbonyl (C=O) groups excluding carboxylic acids is 1. The number of hydrogen-bond acceptors (Lipinski definition) is 5. The zero-order valence-corrected chi connectivity index (χ0v) is 18.7. The second-order valence-electron chi connectivity index (χ2n) is 8.93. The lowest BCUT2D eigenvalue weighted by Gasteiger charge is -2.35. The second kappa shape index (κ2) is 11.1. The van der Waals surface area contributed by atoms with E-state index in [9.17, 15) is 28.2 Å². The summed E-state index contributed by atoms with van der Waals surface area (Å²) in [4.78, 5) is 11.1. The van der Waals surface area contributed by atoms with E-state index < -0.39 is 54.0 Å². The Kier molecular flexibility index (Phi) is 9.31. The Bertz CT molecular complexity index is 680. The number of ether oxygens (including phenoxy) is 2. The summed E-state index contributed by atoms with van der Waals surface area (Å²) in [5, 5.41) is 20.7. The molecular formula is C23H34F4O5. The van der Waals surface area contributed by atoms with Crippen LogP contribution < -0.4 is 0 Å². The van der Waals surface area contributed by atoms with E-state index in [1.54, 1.807) is 13.0 Å². The van der Waals surface area contributed by atoms with Crippen molar-refractivity contribution >= 4 is 5.97 Å². The van der Waals surface area contributed by atoms with Crippen LogP contribution in [0.3, 0.4) is 0 Å². The quantitative estimate of drug-likeness (QED) is 0.286. The first-order chi connectivity index (χ1) is 15.0. The van der Waals surface area contributed by atoms with Crippen LogP contribution in [0.5, 0.6) is 0 Å². The second-order valence-corrected chi connectivity index (χ2v) is 8.93. The lowest BCUT2D eigenvalue weighted by atomic mass is 9.77. The standard InChI is InChI=1S/C23H34F4O5/c1-4-5-12-22(2,23(25,26)27)18(29)11-10-14-15(28)13-17-20(14)21(24)16(32-17)8-6-7-9-19(30)31-3/h6,8,10-11,14-18,20-21,28-29H,4-5,7,9,12-13H2,1-3H3/b8-6+,11-10+/t14-,15+,16?,17-,18+,20+,21?,22?/m0/s1. The van der Waals surface area contributed by atoms with E-state index in [0.717, 1.165) is 13.0 Å². The monoisotopic (exact) mass is 466 g/mol. The average Bonchev–Trinajstić information content (AvgIpc) is 3.20. The molecule has 1 aliphatic heterocycles. The van der Waals surface area contributed by atoms with Gasteiger partial charge < -0.3 is 19.7 Å². The third-order valence-electron chi connectivity index (χ3n) is 6.74. The summed E-state index contributed by atoms with van der Waals surface area (Å²) in [7, 11) is 1.28. The van der Waals surface area contributed by atoms with Crippen LogP contribution in [0.25, 0.3) is 0 Å². The van der Waals surface area contributed by atoms with E-state index in [-0.39, 0.29) is 25.2 Å². The van der Waals surface area contributed by atoms with Crippen molar-refractivity contribution < 1.29 is 42.0 Å². The van der Waals surface area contributed by atoms with Gasteiger partial charge in [-0.1, -0.05) is 44.1 Å². The van der Waals surface area contributed by atoms with E-state index >= 15 is 4.39 Å². The number of rotatable bonds is 10. The number of esters is 1. The molecule has 0 aromatic heterocycles. The highest BCUT2D eigenvalue weighted by atomic mass is 19.4. The molecular weight excluding hydrogens is 432 g/mol. The van der Waals surface area contributed by atoms with Crippen LogP contribution in [0.1, 0.15) is 52.4 Å². The predicted molar refractivity (Wildman–Crippen MR) is 110 cm³/mol. The summed E-state index contributed by atoms with van der Waals surface area (Å²) in [6.07, 6.45) is -3.46. The Morgan fingerprint density at radius 2 is 2.00 bits per heavy atom. The Morgan fingerprint density at radius 3 is 2.59 bits per heavy atom. The summed E-state index contributed by atoms with van der Waals surface area (Å²) in [5.74, 6) is -1.87. The van der Waals surface area contributed by atoms with Gasteiger partial charge in [0.1, 0.15) is 12.3 Å². The maximum atomic E-state index is 15.1. The summed E-state index contributed by atoms with van der Waals surface area (Å²) >= 11 is 0. The van der Waals surface area contributed by atoms with Gasteiger partial charge in [0.05, 0.1) is 30.8 Å². The number of methoxy groups -OCH3 is 1. The minimum atomic E-state index is -4.61. The van der Waals surface area contributed by atoms with Gasteiger partial charge in [0, 0.05) is 24.7 Å². The van der Waals surface area contributed by atoms with Crippen LogP contribution in [0.4, 0.5) is 17.6 Å². The van der Waals surface area contributed by atoms with E-state index in [1.807, 2.05) is 0 Å². The molecule has 2 aliphatic rings. The van der Waals surface area contributed by atoms with Gasteiger partial charge >= 0.3 is 12.1 Å². The van der Waals surface area contributed by atoms with Crippen LogP contribution in [-0.2, 0) is 14.3 Å². The molecule has 1 aliphatic carbocycles. The fourth-order valence-electron chi connectivity index (χ4n) is 4.51. The molecule has 0 bridgehead atoms. The van der Waals surface area contributed by atoms with Crippen molar-refractivity contribution in [2.45, 2.75) is 89.1 Å². The molecule has 32 heavy (non-hydrogen) atoms. The number of alkyl halides is 4. The molecule has 1 saturated heterocycles. The van der Waals surface area contributed by atoms with Gasteiger partial charge in [-0.2, -0.15) is 13.2 Å². The number of aliphatic hydroxyl groups is 2. The van der Waals surface area contributed by atoms with Gasteiger partial charge in [0.25, 0.3) is 0 Å². The Labute approximate surface area is 186 Å². The summed E-state index contributed by atoms with van der Waals surface area (Å²) in [5.41, 5.74) is -2.32. The molecule has 0 amide bonds. The molecule has 0 radical (unpaired) electrons. The number of aliphatic hydroxyl groups excluding tert-OH is 2. The van der Waals surface area contributed by atoms with Crippen LogP contribution in [-0.4, -0.2) is 60.1 Å². The molecule has 0 aromatic rings. The number of allylic oxidation sites excluding steroid dienone is 1. The van der Waals surface area contributed by atoms with E-state index in [4.69, 9.17) is 4.74 Å². The molecule has 8 atom stereocenters. The lowest BCUT2D eigenvalue weighted by molar-refractivity contribution is -0.244. The normalized spacial score (nSPS) is 33.5. The van der Waals surface area contributed by atoms with Crippen molar-refractivity contribution in [3.05, 3.63) is 24.3 Å². The molecule has 3 unspecified atom stereocenters. The zero-order chi connectivity index (χ0) is 24.1. The predicted octanol–water partition coefficient (Wildman–Crippen LogP) is 4.27. The molecule has 5 nitrogen and oxygen atoms in total. The molecule has 0 aromatic carbocycles. The van der Waals surface area contributed by atoms with Gasteiger partial charge in [-0.15, -0.1) is 0 Å². The minimum absolute atomic E-state index is 0.154. The van der Waals surface area contributed by atoms with Gasteiger partial charge in [-0.05, 0) is 19.8 Å². The van der Waals surface area contributed by atoms with E-state index in [1.165, 1.54) is 19.3 Å². The van der Waals surface area contributed by atoms with Crippen molar-refractivity contribution in [2.75, 3.05) is 7.11 Å². The smallest absolute Gasteiger partial charge is 0.397 e. The first kappa shape index (κ1) is 26.8. The zero-order valence-electron chi connectivity index (χ0n) is 18.7. The summed E-state index contributed by atoms with van der Waals surface area (Å²) in [6.45, 7) is 2.76. The van der Waals surface area contributed by atoms with Crippen LogP contribution in [0.2, 0.25) is 0 Å². The molecule has 1 heterocycles. The number of fused-ring (bicyclic) bond motifs is 1. The molecule has 9 heteroatoms. The minimum Gasteiger partial charge on any atom is -0.469 e. The highest BCUT2D eigenvalue weighted by Gasteiger charge is 2.56. The maximum absolute atomic E-state index is 15.1. The van der Waals surface area contributed by atoms with Gasteiger partial charge in [-0.3, -0.25) is 4.79 Å². The molecule has 1 saturated carbocycles. The fourth-order valence-corrected chi connectivity index (χ4v) is 4.51. The Morgan fingerprint density at radius 1 is 1.31 bits per heavy atom. The van der Waals surface area contributed by atoms with Crippen molar-refractivity contribution in [1.29, 1.82) is 0 Å². The summed E-state index contributed by atoms with van der Waals surface area (Å²) in [6, 6.07) is 0. The van der Waals surface area contributed by atoms with Crippen molar-refractivity contribution in [2.24, 2.45) is 17.3 Å². The van der Waals surface area contributed by atoms with Gasteiger partial charge in [0.15, 0.2) is 0 Å². The topological polar surface area (TPSA) is 76.0 Å². The summed E-state index contributed by atoms with van der Waals surface area (Å²) < 4.78 is 66.2. The Hall–Kier alpha value is -1.45. The van der Waals surface area contributed by atoms with E-state index in [0.29, 0.717) is 19.3 Å². The van der Waals surface area contributed by atoms with Gasteiger partial charge in [-0.25, -0.2) is 4.39 Å². The van der Waals surface area contributed by atoms with Crippen LogP contribution in [0, 0.1) is 17.3 Å². The van der Waals surface area contributed by atoms with Gasteiger partial charge in [0.2, 0.25) is 0 Å². The van der Waals surface area contributed by atoms with Crippen LogP contribution in [0.15, 0.2) is 24.3 Å². The first-order valence-corrected chi connectivity index (χ1v) is 11.1. The molecule has 2 rings (SSSR count). The lowest BCUT2D eigenvalue weighted by Crippen LogP contribution is -2.44. The third-order valence-corrected chi connectivity index (χ3v) is 6.74. The average molecular weight is 467 g/mol. The maximum Gasteiger partial charge on any atom is 0.397 e. The SMILES string of the molecule is CCCCC(C)([C@H](O)/C=C/[C@@H]1[C@H]2C(F)C(/C=C/CCC(=O)OC)O[C@H]2C[C@H]1O)C(F)(F)F. The van der Waals surface area contributed by atoms with E-state index in [2.05, 4.69) is 4.74 Å². The van der Waals surface area contributed by atoms with Crippen molar-refractivity contribution in [3.63, 3.8) is 0 Å². The molecule has 2 fully saturated rings. The molecule has 184 valence electrons. The Balaban J connectivity index is 2.07. The van der Waals surface area contributed by atoms with Crippen LogP contribution >= 0.6 is 0 Å². The largest absolute Gasteiger partial charge is 0.469 e. The highest BCUT2D eigenvalue weighted by Crippen LogP contribution is 2.48. The number of hydrogen-bond donors (Lipinski definition) is 2. The molecule has 0 spiro atoms. The number of halogens is 4.